The van der Waals surface area contributed by atoms with Crippen molar-refractivity contribution in [2.45, 2.75) is 18.9 Å². The van der Waals surface area contributed by atoms with Gasteiger partial charge in [0.25, 0.3) is 0 Å². The number of anilines is 4. The Morgan fingerprint density at radius 3 is 2.44 bits per heavy atom. The highest BCUT2D eigenvalue weighted by atomic mass is 35.5. The van der Waals surface area contributed by atoms with E-state index >= 15 is 0 Å². The number of piperidine rings is 1. The molecule has 0 bridgehead atoms. The Bertz CT molecular complexity index is 1110. The van der Waals surface area contributed by atoms with Crippen molar-refractivity contribution in [1.82, 2.24) is 9.88 Å². The Morgan fingerprint density at radius 2 is 1.81 bits per heavy atom. The van der Waals surface area contributed by atoms with Crippen LogP contribution < -0.4 is 16.0 Å². The average Bonchev–Trinajstić information content (AvgIpc) is 3.15. The van der Waals surface area contributed by atoms with E-state index in [4.69, 9.17) is 28.9 Å². The van der Waals surface area contributed by atoms with Gasteiger partial charge in [0.15, 0.2) is 5.13 Å². The number of halogens is 2. The van der Waals surface area contributed by atoms with Crippen molar-refractivity contribution in [3.8, 4) is 0 Å². The number of thiazole rings is 1. The molecule has 1 fully saturated rings. The minimum atomic E-state index is -0.233. The SMILES string of the molecule is CN(C)C1CCN(c2ccc(Nc3nc(N)c(C(=O)c4ccc(Cl)c(Cl)c4)s3)cc2)CC1. The van der Waals surface area contributed by atoms with Gasteiger partial charge in [-0.15, -0.1) is 0 Å². The van der Waals surface area contributed by atoms with Crippen molar-refractivity contribution in [2.24, 2.45) is 0 Å². The summed E-state index contributed by atoms with van der Waals surface area (Å²) >= 11 is 13.2. The number of nitrogens with zero attached hydrogens (tertiary/aromatic N) is 3. The normalized spacial score (nSPS) is 14.7. The van der Waals surface area contributed by atoms with E-state index in [1.807, 2.05) is 12.1 Å². The minimum Gasteiger partial charge on any atom is -0.382 e. The number of carbonyl (C=O) groups excluding carboxylic acids is 1. The van der Waals surface area contributed by atoms with Crippen molar-refractivity contribution >= 4 is 62.6 Å². The van der Waals surface area contributed by atoms with Crippen LogP contribution in [0.15, 0.2) is 42.5 Å². The molecule has 1 saturated heterocycles. The Kier molecular flexibility index (Phi) is 6.90. The van der Waals surface area contributed by atoms with Crippen LogP contribution in [0.2, 0.25) is 10.0 Å². The number of rotatable bonds is 6. The first-order valence-electron chi connectivity index (χ1n) is 10.4. The molecular formula is C23H25Cl2N5OS. The van der Waals surface area contributed by atoms with Crippen molar-refractivity contribution in [1.29, 1.82) is 0 Å². The topological polar surface area (TPSA) is 74.5 Å². The van der Waals surface area contributed by atoms with E-state index in [0.717, 1.165) is 18.8 Å². The lowest BCUT2D eigenvalue weighted by Gasteiger charge is -2.36. The number of nitrogens with two attached hydrogens (primary N) is 1. The molecule has 3 aromatic rings. The lowest BCUT2D eigenvalue weighted by atomic mass is 10.0. The summed E-state index contributed by atoms with van der Waals surface area (Å²) in [6.07, 6.45) is 2.34. The zero-order chi connectivity index (χ0) is 22.8. The van der Waals surface area contributed by atoms with Crippen LogP contribution in [0.5, 0.6) is 0 Å². The molecular weight excluding hydrogens is 465 g/mol. The fourth-order valence-electron chi connectivity index (χ4n) is 3.84. The second kappa shape index (κ2) is 9.67. The van der Waals surface area contributed by atoms with Gasteiger partial charge in [-0.1, -0.05) is 34.5 Å². The van der Waals surface area contributed by atoms with Gasteiger partial charge in [0.2, 0.25) is 5.78 Å². The van der Waals surface area contributed by atoms with Crippen LogP contribution in [0.3, 0.4) is 0 Å². The first-order valence-corrected chi connectivity index (χ1v) is 11.9. The number of aromatic nitrogens is 1. The Balaban J connectivity index is 1.43. The highest BCUT2D eigenvalue weighted by molar-refractivity contribution is 7.18. The van der Waals surface area contributed by atoms with E-state index < -0.39 is 0 Å². The number of nitrogens with one attached hydrogen (secondary N) is 1. The number of nitrogen functional groups attached to an aromatic ring is 1. The molecule has 168 valence electrons. The molecule has 1 aromatic heterocycles. The van der Waals surface area contributed by atoms with Crippen molar-refractivity contribution in [3.63, 3.8) is 0 Å². The van der Waals surface area contributed by atoms with E-state index in [1.165, 1.54) is 29.9 Å². The summed E-state index contributed by atoms with van der Waals surface area (Å²) in [7, 11) is 4.30. The van der Waals surface area contributed by atoms with Crippen molar-refractivity contribution < 1.29 is 4.79 Å². The van der Waals surface area contributed by atoms with Gasteiger partial charge in [-0.3, -0.25) is 4.79 Å². The van der Waals surface area contributed by atoms with Crippen LogP contribution in [0, 0.1) is 0 Å². The Labute approximate surface area is 201 Å². The van der Waals surface area contributed by atoms with Crippen molar-refractivity contribution in [2.75, 3.05) is 43.1 Å². The summed E-state index contributed by atoms with van der Waals surface area (Å²) in [5, 5.41) is 4.53. The van der Waals surface area contributed by atoms with Crippen LogP contribution in [-0.2, 0) is 0 Å². The summed E-state index contributed by atoms with van der Waals surface area (Å²) in [6, 6.07) is 13.7. The molecule has 6 nitrogen and oxygen atoms in total. The fourth-order valence-corrected chi connectivity index (χ4v) is 5.00. The lowest BCUT2D eigenvalue weighted by molar-refractivity contribution is 0.104. The molecule has 4 rings (SSSR count). The predicted octanol–water partition coefficient (Wildman–Crippen LogP) is 5.54. The number of ketones is 1. The summed E-state index contributed by atoms with van der Waals surface area (Å²) in [6.45, 7) is 2.11. The summed E-state index contributed by atoms with van der Waals surface area (Å²) in [5.74, 6) is -0.0444. The number of carbonyl (C=O) groups is 1. The highest BCUT2D eigenvalue weighted by Crippen LogP contribution is 2.32. The number of hydrogen-bond acceptors (Lipinski definition) is 7. The van der Waals surface area contributed by atoms with Gasteiger partial charge in [-0.2, -0.15) is 0 Å². The smallest absolute Gasteiger partial charge is 0.206 e. The molecule has 0 aliphatic carbocycles. The van der Waals surface area contributed by atoms with E-state index in [2.05, 4.69) is 46.3 Å². The monoisotopic (exact) mass is 489 g/mol. The third kappa shape index (κ3) is 5.02. The number of hydrogen-bond donors (Lipinski definition) is 2. The molecule has 9 heteroatoms. The molecule has 0 amide bonds. The van der Waals surface area contributed by atoms with E-state index in [9.17, 15) is 4.79 Å². The fraction of sp³-hybridized carbons (Fsp3) is 0.304. The van der Waals surface area contributed by atoms with Crippen LogP contribution in [-0.4, -0.2) is 48.9 Å². The molecule has 0 radical (unpaired) electrons. The molecule has 0 atom stereocenters. The largest absolute Gasteiger partial charge is 0.382 e. The molecule has 2 heterocycles. The van der Waals surface area contributed by atoms with Crippen molar-refractivity contribution in [3.05, 3.63) is 63.0 Å². The first-order chi connectivity index (χ1) is 15.3. The Hall–Kier alpha value is -2.32. The van der Waals surface area contributed by atoms with Crippen LogP contribution in [0.4, 0.5) is 22.3 Å². The molecule has 0 saturated carbocycles. The molecule has 0 spiro atoms. The van der Waals surface area contributed by atoms with Gasteiger partial charge in [-0.25, -0.2) is 4.98 Å². The van der Waals surface area contributed by atoms with E-state index in [0.29, 0.717) is 31.7 Å². The van der Waals surface area contributed by atoms with Crippen LogP contribution >= 0.6 is 34.5 Å². The average molecular weight is 490 g/mol. The summed E-state index contributed by atoms with van der Waals surface area (Å²) in [4.78, 5) is 22.2. The first kappa shape index (κ1) is 22.9. The summed E-state index contributed by atoms with van der Waals surface area (Å²) < 4.78 is 0. The number of benzene rings is 2. The standard InChI is InChI=1S/C23H25Cl2N5OS/c1-29(2)16-9-11-30(12-10-16)17-6-4-15(5-7-17)27-23-28-22(26)21(32-23)20(31)14-3-8-18(24)19(25)13-14/h3-8,13,16H,9-12,26H2,1-2H3,(H,27,28). The maximum Gasteiger partial charge on any atom is 0.206 e. The molecule has 1 aliphatic heterocycles. The second-order valence-corrected chi connectivity index (χ2v) is 9.86. The molecule has 0 unspecified atom stereocenters. The van der Waals surface area contributed by atoms with E-state index in [1.54, 1.807) is 18.2 Å². The maximum atomic E-state index is 12.8. The molecule has 1 aliphatic rings. The van der Waals surface area contributed by atoms with Crippen LogP contribution in [0.25, 0.3) is 0 Å². The summed E-state index contributed by atoms with van der Waals surface area (Å²) in [5.41, 5.74) is 8.54. The lowest BCUT2D eigenvalue weighted by Crippen LogP contribution is -2.41. The minimum absolute atomic E-state index is 0.189. The van der Waals surface area contributed by atoms with Gasteiger partial charge in [0.05, 0.1) is 10.0 Å². The van der Waals surface area contributed by atoms with Gasteiger partial charge in [0, 0.05) is 36.1 Å². The third-order valence-corrected chi connectivity index (χ3v) is 7.44. The molecule has 32 heavy (non-hydrogen) atoms. The predicted molar refractivity (Wildman–Crippen MR) is 135 cm³/mol. The zero-order valence-electron chi connectivity index (χ0n) is 17.9. The van der Waals surface area contributed by atoms with Crippen LogP contribution in [0.1, 0.15) is 28.1 Å². The molecule has 3 N–H and O–H groups in total. The highest BCUT2D eigenvalue weighted by Gasteiger charge is 2.21. The maximum absolute atomic E-state index is 12.8. The van der Waals surface area contributed by atoms with Gasteiger partial charge < -0.3 is 20.9 Å². The third-order valence-electron chi connectivity index (χ3n) is 5.72. The molecule has 2 aromatic carbocycles. The quantitative estimate of drug-likeness (QED) is 0.442. The zero-order valence-corrected chi connectivity index (χ0v) is 20.3. The second-order valence-electron chi connectivity index (χ2n) is 8.05. The van der Waals surface area contributed by atoms with E-state index in [-0.39, 0.29) is 11.6 Å². The Morgan fingerprint density at radius 1 is 1.12 bits per heavy atom. The van der Waals surface area contributed by atoms with Gasteiger partial charge in [-0.05, 0) is 69.4 Å². The van der Waals surface area contributed by atoms with Gasteiger partial charge in [0.1, 0.15) is 10.7 Å². The van der Waals surface area contributed by atoms with Gasteiger partial charge >= 0.3 is 0 Å².